The summed E-state index contributed by atoms with van der Waals surface area (Å²) in [6, 6.07) is 7.81. The number of aryl methyl sites for hydroxylation is 1. The van der Waals surface area contributed by atoms with Crippen LogP contribution < -0.4 is 0 Å². The first-order valence-electron chi connectivity index (χ1n) is 10.5. The Kier molecular flexibility index (Phi) is 6.56. The molecule has 4 nitrogen and oxygen atoms in total. The first-order chi connectivity index (χ1) is 14.8. The number of allylic oxidation sites excluding steroid dienone is 7. The van der Waals surface area contributed by atoms with Gasteiger partial charge in [-0.2, -0.15) is 5.26 Å². The summed E-state index contributed by atoms with van der Waals surface area (Å²) in [5, 5.41) is 9.33. The van der Waals surface area contributed by atoms with Gasteiger partial charge in [0.1, 0.15) is 5.76 Å². The Morgan fingerprint density at radius 1 is 1.26 bits per heavy atom. The summed E-state index contributed by atoms with van der Waals surface area (Å²) in [4.78, 5) is 17.7. The van der Waals surface area contributed by atoms with E-state index in [1.165, 1.54) is 0 Å². The van der Waals surface area contributed by atoms with Gasteiger partial charge in [-0.1, -0.05) is 25.6 Å². The minimum absolute atomic E-state index is 0.00833. The van der Waals surface area contributed by atoms with E-state index in [0.717, 1.165) is 45.5 Å². The van der Waals surface area contributed by atoms with Crippen LogP contribution in [-0.4, -0.2) is 18.6 Å². The molecule has 1 aliphatic heterocycles. The smallest absolute Gasteiger partial charge is 0.157 e. The predicted octanol–water partition coefficient (Wildman–Crippen LogP) is 6.02. The largest absolute Gasteiger partial charge is 0.493 e. The molecule has 1 atom stereocenters. The fourth-order valence-corrected chi connectivity index (χ4v) is 4.21. The summed E-state index contributed by atoms with van der Waals surface area (Å²) in [5.74, 6) is 0.320. The molecule has 1 aliphatic carbocycles. The number of nitrogens with zero attached hydrogens (tertiary/aromatic N) is 2. The van der Waals surface area contributed by atoms with Crippen LogP contribution in [0.3, 0.4) is 0 Å². The van der Waals surface area contributed by atoms with E-state index < -0.39 is 0 Å². The Bertz CT molecular complexity index is 1150. The Morgan fingerprint density at radius 2 is 2.00 bits per heavy atom. The van der Waals surface area contributed by atoms with Gasteiger partial charge in [0.25, 0.3) is 0 Å². The van der Waals surface area contributed by atoms with E-state index in [-0.39, 0.29) is 11.7 Å². The van der Waals surface area contributed by atoms with E-state index in [4.69, 9.17) is 9.73 Å². The normalized spacial score (nSPS) is 18.6. The molecular weight excluding hydrogens is 384 g/mol. The van der Waals surface area contributed by atoms with Gasteiger partial charge in [0.05, 0.1) is 23.9 Å². The van der Waals surface area contributed by atoms with Crippen LogP contribution in [0.5, 0.6) is 0 Å². The molecule has 0 unspecified atom stereocenters. The second kappa shape index (κ2) is 9.14. The standard InChI is InChI=1S/C27H28N2O2/c1-7-10-31-23-12-16(2)11-18(4)27-26(23)25(24(20(6)30)19(5)15-29-27)22-9-8-21(14-28)13-17(22)3/h8-9,11-13,15,25H,2,7,10H2,1,3-6H3/t25-/m1/s1. The van der Waals surface area contributed by atoms with Crippen molar-refractivity contribution in [1.29, 1.82) is 5.26 Å². The Morgan fingerprint density at radius 3 is 2.61 bits per heavy atom. The molecule has 0 N–H and O–H groups in total. The number of ether oxygens (including phenoxy) is 1. The van der Waals surface area contributed by atoms with E-state index in [1.807, 2.05) is 45.1 Å². The van der Waals surface area contributed by atoms with Crippen LogP contribution in [-0.2, 0) is 9.53 Å². The highest BCUT2D eigenvalue weighted by molar-refractivity contribution is 6.02. The number of rotatable bonds is 5. The lowest BCUT2D eigenvalue weighted by Gasteiger charge is -2.27. The lowest BCUT2D eigenvalue weighted by atomic mass is 9.77. The zero-order valence-electron chi connectivity index (χ0n) is 18.9. The highest BCUT2D eigenvalue weighted by Crippen LogP contribution is 2.45. The third-order valence-electron chi connectivity index (χ3n) is 5.55. The van der Waals surface area contributed by atoms with Crippen LogP contribution in [0.4, 0.5) is 0 Å². The first-order valence-corrected chi connectivity index (χ1v) is 10.5. The molecule has 1 heterocycles. The van der Waals surface area contributed by atoms with E-state index in [9.17, 15) is 10.1 Å². The van der Waals surface area contributed by atoms with Crippen molar-refractivity contribution < 1.29 is 9.53 Å². The van der Waals surface area contributed by atoms with E-state index in [0.29, 0.717) is 23.5 Å². The number of carbonyl (C=O) groups is 1. The minimum atomic E-state index is -0.361. The summed E-state index contributed by atoms with van der Waals surface area (Å²) in [6.07, 6.45) is 6.55. The van der Waals surface area contributed by atoms with Crippen molar-refractivity contribution in [1.82, 2.24) is 0 Å². The Balaban J connectivity index is 2.39. The molecule has 1 aromatic carbocycles. The number of Topliss-reactive ketones (excluding diaryl/α,β-unsaturated/α-hetero) is 1. The number of aliphatic imine (C=N–C) groups is 1. The molecule has 0 saturated heterocycles. The number of hydrogen-bond donors (Lipinski definition) is 0. The molecule has 0 spiro atoms. The second-order valence-electron chi connectivity index (χ2n) is 8.05. The molecule has 0 amide bonds. The highest BCUT2D eigenvalue weighted by Gasteiger charge is 2.34. The van der Waals surface area contributed by atoms with Crippen molar-refractivity contribution in [3.05, 3.63) is 92.9 Å². The van der Waals surface area contributed by atoms with Gasteiger partial charge in [-0.05, 0) is 80.2 Å². The molecule has 0 fully saturated rings. The fraction of sp³-hybridized carbons (Fsp3) is 0.296. The summed E-state index contributed by atoms with van der Waals surface area (Å²) in [6.45, 7) is 14.3. The van der Waals surface area contributed by atoms with Crippen LogP contribution in [0, 0.1) is 18.3 Å². The maximum atomic E-state index is 12.9. The molecule has 0 saturated carbocycles. The number of benzene rings is 1. The Labute approximate surface area is 184 Å². The minimum Gasteiger partial charge on any atom is -0.493 e. The highest BCUT2D eigenvalue weighted by atomic mass is 16.5. The van der Waals surface area contributed by atoms with Gasteiger partial charge >= 0.3 is 0 Å². The number of carbonyl (C=O) groups excluding carboxylic acids is 1. The van der Waals surface area contributed by atoms with Crippen LogP contribution in [0.2, 0.25) is 0 Å². The molecule has 0 radical (unpaired) electrons. The SMILES string of the molecule is C=C1C=C(C)C2=C(C(OCCC)=C1)[C@H](c1ccc(C#N)cc1C)C(C(C)=O)=C(C)C=N2. The molecule has 1 aromatic rings. The van der Waals surface area contributed by atoms with Crippen LogP contribution >= 0.6 is 0 Å². The number of nitriles is 1. The van der Waals surface area contributed by atoms with Crippen LogP contribution in [0.1, 0.15) is 56.7 Å². The number of ketones is 1. The average Bonchev–Trinajstić information content (AvgIpc) is 2.94. The lowest BCUT2D eigenvalue weighted by molar-refractivity contribution is -0.113. The van der Waals surface area contributed by atoms with Gasteiger partial charge in [-0.15, -0.1) is 0 Å². The summed E-state index contributed by atoms with van der Waals surface area (Å²) in [7, 11) is 0. The zero-order chi connectivity index (χ0) is 22.7. The molecule has 31 heavy (non-hydrogen) atoms. The maximum Gasteiger partial charge on any atom is 0.157 e. The lowest BCUT2D eigenvalue weighted by Crippen LogP contribution is -2.18. The van der Waals surface area contributed by atoms with E-state index >= 15 is 0 Å². The van der Waals surface area contributed by atoms with Gasteiger partial charge in [0.2, 0.25) is 0 Å². The third-order valence-corrected chi connectivity index (χ3v) is 5.55. The predicted molar refractivity (Wildman–Crippen MR) is 125 cm³/mol. The van der Waals surface area contributed by atoms with Gasteiger partial charge in [-0.25, -0.2) is 0 Å². The second-order valence-corrected chi connectivity index (χ2v) is 8.05. The van der Waals surface area contributed by atoms with Crippen LogP contribution in [0.25, 0.3) is 0 Å². The zero-order valence-corrected chi connectivity index (χ0v) is 18.9. The van der Waals surface area contributed by atoms with Crippen molar-refractivity contribution in [2.75, 3.05) is 6.61 Å². The van der Waals surface area contributed by atoms with E-state index in [1.54, 1.807) is 19.2 Å². The summed E-state index contributed by atoms with van der Waals surface area (Å²) < 4.78 is 6.20. The van der Waals surface area contributed by atoms with Gasteiger partial charge in [-0.3, -0.25) is 9.79 Å². The molecule has 0 aromatic heterocycles. The van der Waals surface area contributed by atoms with Crippen LogP contribution in [0.15, 0.2) is 81.2 Å². The summed E-state index contributed by atoms with van der Waals surface area (Å²) >= 11 is 0. The summed E-state index contributed by atoms with van der Waals surface area (Å²) in [5.41, 5.74) is 7.48. The quantitative estimate of drug-likeness (QED) is 0.594. The van der Waals surface area contributed by atoms with Crippen molar-refractivity contribution in [3.63, 3.8) is 0 Å². The van der Waals surface area contributed by atoms with Crippen molar-refractivity contribution in [3.8, 4) is 6.07 Å². The third kappa shape index (κ3) is 4.36. The molecule has 0 bridgehead atoms. The Hall–Kier alpha value is -3.45. The molecule has 158 valence electrons. The molecule has 4 heteroatoms. The first kappa shape index (κ1) is 22.2. The fourth-order valence-electron chi connectivity index (χ4n) is 4.21. The number of hydrogen-bond acceptors (Lipinski definition) is 4. The molecule has 3 rings (SSSR count). The van der Waals surface area contributed by atoms with Gasteiger partial charge in [0, 0.05) is 23.3 Å². The van der Waals surface area contributed by atoms with Gasteiger partial charge < -0.3 is 4.74 Å². The molecule has 2 aliphatic rings. The monoisotopic (exact) mass is 412 g/mol. The molecular formula is C27H28N2O2. The van der Waals surface area contributed by atoms with Crippen molar-refractivity contribution in [2.24, 2.45) is 4.99 Å². The van der Waals surface area contributed by atoms with Crippen molar-refractivity contribution in [2.45, 2.75) is 47.0 Å². The van der Waals surface area contributed by atoms with E-state index in [2.05, 4.69) is 19.6 Å². The van der Waals surface area contributed by atoms with Crippen molar-refractivity contribution >= 4 is 12.0 Å². The maximum absolute atomic E-state index is 12.9. The van der Waals surface area contributed by atoms with Gasteiger partial charge in [0.15, 0.2) is 5.78 Å². The average molecular weight is 413 g/mol. The topological polar surface area (TPSA) is 62.4 Å².